The fourth-order valence-corrected chi connectivity index (χ4v) is 8.76. The molecule has 2 heteroatoms. The normalized spacial score (nSPS) is 11.6. The van der Waals surface area contributed by atoms with Gasteiger partial charge in [0.1, 0.15) is 0 Å². The van der Waals surface area contributed by atoms with Crippen LogP contribution in [0.25, 0.3) is 82.1 Å². The SMILES string of the molecule is c1ccc(-c2ccc(N(c3ccc(-c4ccccc4)c4ccccc34)c3cc4c5ccccc5n(-c5ccc6ccccc6c5)c4c4ccccc34)cc2)cc1. The maximum atomic E-state index is 2.48. The number of para-hydroxylation sites is 1. The third-order valence-electron chi connectivity index (χ3n) is 11.3. The highest BCUT2D eigenvalue weighted by Gasteiger charge is 2.23. The van der Waals surface area contributed by atoms with Crippen LogP contribution in [0.2, 0.25) is 0 Å². The molecule has 0 aliphatic heterocycles. The molecule has 0 spiro atoms. The molecule has 0 bridgehead atoms. The van der Waals surface area contributed by atoms with Crippen molar-refractivity contribution in [2.45, 2.75) is 0 Å². The van der Waals surface area contributed by atoms with E-state index in [4.69, 9.17) is 0 Å². The van der Waals surface area contributed by atoms with Crippen molar-refractivity contribution in [3.05, 3.63) is 218 Å². The van der Waals surface area contributed by atoms with E-state index in [1.807, 2.05) is 0 Å². The van der Waals surface area contributed by atoms with Crippen LogP contribution < -0.4 is 4.90 Å². The molecule has 10 aromatic carbocycles. The van der Waals surface area contributed by atoms with E-state index >= 15 is 0 Å². The Morgan fingerprint density at radius 3 is 1.64 bits per heavy atom. The van der Waals surface area contributed by atoms with Gasteiger partial charge in [-0.3, -0.25) is 0 Å². The Labute approximate surface area is 325 Å². The third-order valence-corrected chi connectivity index (χ3v) is 11.3. The van der Waals surface area contributed by atoms with Crippen molar-refractivity contribution in [2.24, 2.45) is 0 Å². The smallest absolute Gasteiger partial charge is 0.0621 e. The Kier molecular flexibility index (Phi) is 7.53. The second kappa shape index (κ2) is 13.2. The van der Waals surface area contributed by atoms with Gasteiger partial charge in [0.2, 0.25) is 0 Å². The minimum Gasteiger partial charge on any atom is -0.309 e. The first-order chi connectivity index (χ1) is 27.8. The number of rotatable bonds is 6. The number of hydrogen-bond donors (Lipinski definition) is 0. The van der Waals surface area contributed by atoms with Gasteiger partial charge in [0.25, 0.3) is 0 Å². The van der Waals surface area contributed by atoms with Crippen LogP contribution in [-0.2, 0) is 0 Å². The molecule has 0 saturated carbocycles. The first kappa shape index (κ1) is 32.0. The van der Waals surface area contributed by atoms with Crippen molar-refractivity contribution in [1.29, 1.82) is 0 Å². The summed E-state index contributed by atoms with van der Waals surface area (Å²) < 4.78 is 2.46. The van der Waals surface area contributed by atoms with Gasteiger partial charge in [0.15, 0.2) is 0 Å². The maximum Gasteiger partial charge on any atom is 0.0621 e. The van der Waals surface area contributed by atoms with Crippen LogP contribution in [0.15, 0.2) is 218 Å². The standard InChI is InChI=1S/C54H36N2/c1-3-15-37(16-4-1)39-27-30-42(31-28-39)55(52-34-33-44(40-18-5-2-6-19-40)45-21-9-10-22-46(45)52)53-36-50-48-24-13-14-26-51(48)56(54(50)49-25-12-11-23-47(49)53)43-32-29-38-17-7-8-20-41(38)35-43/h1-36H. The fourth-order valence-electron chi connectivity index (χ4n) is 8.76. The van der Waals surface area contributed by atoms with Gasteiger partial charge in [0, 0.05) is 38.3 Å². The zero-order valence-electron chi connectivity index (χ0n) is 30.7. The molecule has 0 saturated heterocycles. The summed E-state index contributed by atoms with van der Waals surface area (Å²) >= 11 is 0. The van der Waals surface area contributed by atoms with Crippen LogP contribution in [-0.4, -0.2) is 4.57 Å². The predicted octanol–water partition coefficient (Wildman–Crippen LogP) is 15.0. The minimum atomic E-state index is 1.10. The first-order valence-corrected chi connectivity index (χ1v) is 19.3. The topological polar surface area (TPSA) is 8.17 Å². The van der Waals surface area contributed by atoms with E-state index in [1.54, 1.807) is 0 Å². The molecule has 0 N–H and O–H groups in total. The van der Waals surface area contributed by atoms with Gasteiger partial charge in [-0.1, -0.05) is 176 Å². The van der Waals surface area contributed by atoms with Crippen LogP contribution in [0.1, 0.15) is 0 Å². The molecule has 0 aliphatic rings. The summed E-state index contributed by atoms with van der Waals surface area (Å²) in [4.78, 5) is 2.48. The van der Waals surface area contributed by atoms with E-state index in [2.05, 4.69) is 228 Å². The molecular formula is C54H36N2. The molecular weight excluding hydrogens is 677 g/mol. The molecule has 0 aliphatic carbocycles. The lowest BCUT2D eigenvalue weighted by Gasteiger charge is -2.29. The van der Waals surface area contributed by atoms with Crippen molar-refractivity contribution < 1.29 is 0 Å². The molecule has 262 valence electrons. The molecule has 0 unspecified atom stereocenters. The van der Waals surface area contributed by atoms with E-state index in [9.17, 15) is 0 Å². The number of anilines is 3. The lowest BCUT2D eigenvalue weighted by atomic mass is 9.95. The van der Waals surface area contributed by atoms with Gasteiger partial charge >= 0.3 is 0 Å². The lowest BCUT2D eigenvalue weighted by Crippen LogP contribution is -2.11. The zero-order valence-corrected chi connectivity index (χ0v) is 30.7. The average molecular weight is 713 g/mol. The Balaban J connectivity index is 1.22. The highest BCUT2D eigenvalue weighted by molar-refractivity contribution is 6.23. The van der Waals surface area contributed by atoms with E-state index in [1.165, 1.54) is 76.4 Å². The molecule has 0 fully saturated rings. The van der Waals surface area contributed by atoms with Crippen LogP contribution in [0.3, 0.4) is 0 Å². The van der Waals surface area contributed by atoms with Crippen molar-refractivity contribution in [2.75, 3.05) is 4.90 Å². The summed E-state index contributed by atoms with van der Waals surface area (Å²) in [6, 6.07) is 79.6. The molecule has 11 rings (SSSR count). The maximum absolute atomic E-state index is 2.48. The number of benzene rings is 10. The van der Waals surface area contributed by atoms with E-state index < -0.39 is 0 Å². The lowest BCUT2D eigenvalue weighted by molar-refractivity contribution is 1.19. The van der Waals surface area contributed by atoms with Crippen LogP contribution in [0.4, 0.5) is 17.1 Å². The number of fused-ring (bicyclic) bond motifs is 7. The van der Waals surface area contributed by atoms with Crippen LogP contribution >= 0.6 is 0 Å². The third kappa shape index (κ3) is 5.19. The molecule has 11 aromatic rings. The monoisotopic (exact) mass is 712 g/mol. The molecule has 2 nitrogen and oxygen atoms in total. The summed E-state index contributed by atoms with van der Waals surface area (Å²) in [6.45, 7) is 0. The predicted molar refractivity (Wildman–Crippen MR) is 239 cm³/mol. The van der Waals surface area contributed by atoms with Gasteiger partial charge in [-0.2, -0.15) is 0 Å². The summed E-state index contributed by atoms with van der Waals surface area (Å²) in [6.07, 6.45) is 0. The summed E-state index contributed by atoms with van der Waals surface area (Å²) in [5.41, 5.74) is 11.8. The molecule has 56 heavy (non-hydrogen) atoms. The quantitative estimate of drug-likeness (QED) is 0.167. The summed E-state index contributed by atoms with van der Waals surface area (Å²) in [7, 11) is 0. The second-order valence-electron chi connectivity index (χ2n) is 14.5. The van der Waals surface area contributed by atoms with Crippen LogP contribution in [0, 0.1) is 0 Å². The number of hydrogen-bond acceptors (Lipinski definition) is 1. The molecule has 1 aromatic heterocycles. The molecule has 0 radical (unpaired) electrons. The Morgan fingerprint density at radius 1 is 0.321 bits per heavy atom. The van der Waals surface area contributed by atoms with Gasteiger partial charge in [0.05, 0.1) is 22.4 Å². The highest BCUT2D eigenvalue weighted by Crippen LogP contribution is 2.48. The van der Waals surface area contributed by atoms with Gasteiger partial charge in [-0.05, 0) is 80.9 Å². The molecule has 0 atom stereocenters. The van der Waals surface area contributed by atoms with Crippen molar-refractivity contribution in [3.8, 4) is 27.9 Å². The fraction of sp³-hybridized carbons (Fsp3) is 0. The zero-order chi connectivity index (χ0) is 37.0. The summed E-state index contributed by atoms with van der Waals surface area (Å²) in [5, 5.41) is 9.74. The van der Waals surface area contributed by atoms with Crippen molar-refractivity contribution in [3.63, 3.8) is 0 Å². The van der Waals surface area contributed by atoms with Gasteiger partial charge < -0.3 is 9.47 Å². The van der Waals surface area contributed by atoms with E-state index in [-0.39, 0.29) is 0 Å². The highest BCUT2D eigenvalue weighted by atomic mass is 15.1. The second-order valence-corrected chi connectivity index (χ2v) is 14.5. The summed E-state index contributed by atoms with van der Waals surface area (Å²) in [5.74, 6) is 0. The Morgan fingerprint density at radius 2 is 0.893 bits per heavy atom. The van der Waals surface area contributed by atoms with Crippen LogP contribution in [0.5, 0.6) is 0 Å². The molecule has 1 heterocycles. The first-order valence-electron chi connectivity index (χ1n) is 19.3. The van der Waals surface area contributed by atoms with Crippen molar-refractivity contribution >= 4 is 71.2 Å². The van der Waals surface area contributed by atoms with Gasteiger partial charge in [-0.15, -0.1) is 0 Å². The molecule has 0 amide bonds. The largest absolute Gasteiger partial charge is 0.309 e. The Hall–Kier alpha value is -7.42. The number of nitrogens with zero attached hydrogens (tertiary/aromatic N) is 2. The average Bonchev–Trinajstić information content (AvgIpc) is 3.61. The van der Waals surface area contributed by atoms with Gasteiger partial charge in [-0.25, -0.2) is 0 Å². The minimum absolute atomic E-state index is 1.10. The van der Waals surface area contributed by atoms with E-state index in [0.717, 1.165) is 22.7 Å². The van der Waals surface area contributed by atoms with E-state index in [0.29, 0.717) is 0 Å². The Bertz CT molecular complexity index is 3230. The number of aromatic nitrogens is 1. The van der Waals surface area contributed by atoms with Crippen molar-refractivity contribution in [1.82, 2.24) is 4.57 Å².